The normalized spacial score (nSPS) is 10.3. The Bertz CT molecular complexity index is 630. The van der Waals surface area contributed by atoms with Crippen LogP contribution in [0.1, 0.15) is 6.92 Å². The number of benzene rings is 1. The van der Waals surface area contributed by atoms with Crippen LogP contribution in [0.25, 0.3) is 11.1 Å². The highest BCUT2D eigenvalue weighted by molar-refractivity contribution is 6.30. The van der Waals surface area contributed by atoms with Crippen molar-refractivity contribution in [2.75, 3.05) is 0 Å². The molecule has 0 saturated heterocycles. The minimum Gasteiger partial charge on any atom is -0.336 e. The maximum atomic E-state index is 11.7. The Hall–Kier alpha value is -2.01. The van der Waals surface area contributed by atoms with Crippen molar-refractivity contribution in [3.8, 4) is 11.1 Å². The van der Waals surface area contributed by atoms with Crippen molar-refractivity contribution >= 4 is 17.5 Å². The lowest BCUT2D eigenvalue weighted by atomic mass is 10.1. The molecule has 0 aliphatic carbocycles. The van der Waals surface area contributed by atoms with Crippen molar-refractivity contribution < 1.29 is 9.32 Å². The molecule has 0 aliphatic rings. The third kappa shape index (κ3) is 2.81. The summed E-state index contributed by atoms with van der Waals surface area (Å²) < 4.78 is 6.23. The van der Waals surface area contributed by atoms with Crippen LogP contribution >= 0.6 is 11.6 Å². The number of hydrogen-bond donors (Lipinski definition) is 1. The average molecular weight is 267 g/mol. The van der Waals surface area contributed by atoms with E-state index in [9.17, 15) is 9.59 Å². The van der Waals surface area contributed by atoms with Gasteiger partial charge in [-0.05, 0) is 17.7 Å². The number of halogens is 1. The van der Waals surface area contributed by atoms with Crippen LogP contribution in [-0.4, -0.2) is 10.6 Å². The van der Waals surface area contributed by atoms with Gasteiger partial charge in [0.25, 0.3) is 0 Å². The van der Waals surface area contributed by atoms with E-state index >= 15 is 0 Å². The molecule has 18 heavy (non-hydrogen) atoms. The average Bonchev–Trinajstić information content (AvgIpc) is 2.68. The molecule has 0 bridgehead atoms. The fourth-order valence-electron chi connectivity index (χ4n) is 1.49. The molecule has 1 amide bonds. The number of rotatable bonds is 3. The zero-order valence-electron chi connectivity index (χ0n) is 9.64. The Labute approximate surface area is 108 Å². The second-order valence-electron chi connectivity index (χ2n) is 3.74. The second-order valence-corrected chi connectivity index (χ2v) is 4.18. The van der Waals surface area contributed by atoms with E-state index in [2.05, 4.69) is 5.32 Å². The predicted molar refractivity (Wildman–Crippen MR) is 67.2 cm³/mol. The van der Waals surface area contributed by atoms with Gasteiger partial charge in [-0.15, -0.1) is 0 Å². The van der Waals surface area contributed by atoms with E-state index in [-0.39, 0.29) is 12.6 Å². The highest BCUT2D eigenvalue weighted by Crippen LogP contribution is 2.19. The molecule has 6 heteroatoms. The number of nitrogens with zero attached hydrogens (tertiary/aromatic N) is 1. The molecule has 2 aromatic rings. The van der Waals surface area contributed by atoms with Crippen LogP contribution in [0, 0.1) is 0 Å². The van der Waals surface area contributed by atoms with Gasteiger partial charge in [-0.1, -0.05) is 23.7 Å². The van der Waals surface area contributed by atoms with Crippen molar-refractivity contribution in [1.82, 2.24) is 10.1 Å². The summed E-state index contributed by atoms with van der Waals surface area (Å²) in [4.78, 5) is 22.4. The predicted octanol–water partition coefficient (Wildman–Crippen LogP) is 1.86. The van der Waals surface area contributed by atoms with Gasteiger partial charge in [-0.3, -0.25) is 4.79 Å². The summed E-state index contributed by atoms with van der Waals surface area (Å²) >= 11 is 5.86. The van der Waals surface area contributed by atoms with Gasteiger partial charge < -0.3 is 9.84 Å². The van der Waals surface area contributed by atoms with Gasteiger partial charge in [0.2, 0.25) is 5.91 Å². The standard InChI is InChI=1S/C12H11ClN2O3/c1-8(16)14-7-15-6-11(12(17)18-15)9-3-2-4-10(13)5-9/h2-6H,7H2,1H3,(H,14,16). The first kappa shape index (κ1) is 12.4. The minimum atomic E-state index is -0.470. The largest absolute Gasteiger partial charge is 0.365 e. The quantitative estimate of drug-likeness (QED) is 0.922. The second kappa shape index (κ2) is 5.10. The summed E-state index contributed by atoms with van der Waals surface area (Å²) in [5, 5.41) is 3.07. The minimum absolute atomic E-state index is 0.116. The first-order chi connectivity index (χ1) is 8.56. The zero-order valence-corrected chi connectivity index (χ0v) is 10.4. The molecule has 1 heterocycles. The molecule has 0 aliphatic heterocycles. The van der Waals surface area contributed by atoms with E-state index in [1.165, 1.54) is 17.9 Å². The van der Waals surface area contributed by atoms with Crippen molar-refractivity contribution in [1.29, 1.82) is 0 Å². The van der Waals surface area contributed by atoms with E-state index < -0.39 is 5.63 Å². The Balaban J connectivity index is 2.29. The number of carbonyl (C=O) groups excluding carboxylic acids is 1. The van der Waals surface area contributed by atoms with Crippen molar-refractivity contribution in [2.24, 2.45) is 0 Å². The van der Waals surface area contributed by atoms with E-state index in [0.29, 0.717) is 16.1 Å². The summed E-state index contributed by atoms with van der Waals surface area (Å²) in [5.74, 6) is -0.198. The third-order valence-electron chi connectivity index (χ3n) is 2.31. The van der Waals surface area contributed by atoms with Gasteiger partial charge >= 0.3 is 5.63 Å². The zero-order chi connectivity index (χ0) is 13.1. The maximum absolute atomic E-state index is 11.7. The monoisotopic (exact) mass is 266 g/mol. The molecular weight excluding hydrogens is 256 g/mol. The van der Waals surface area contributed by atoms with Crippen LogP contribution in [0.15, 0.2) is 39.8 Å². The van der Waals surface area contributed by atoms with Gasteiger partial charge in [0, 0.05) is 11.9 Å². The summed E-state index contributed by atoms with van der Waals surface area (Å²) in [6.07, 6.45) is 1.53. The Kier molecular flexibility index (Phi) is 3.53. The Morgan fingerprint density at radius 3 is 2.94 bits per heavy atom. The first-order valence-electron chi connectivity index (χ1n) is 5.27. The molecule has 0 fully saturated rings. The molecule has 5 nitrogen and oxygen atoms in total. The molecule has 0 radical (unpaired) electrons. The molecule has 1 aromatic heterocycles. The number of hydrogen-bond acceptors (Lipinski definition) is 3. The van der Waals surface area contributed by atoms with Gasteiger partial charge in [-0.2, -0.15) is 4.74 Å². The van der Waals surface area contributed by atoms with Crippen molar-refractivity contribution in [3.63, 3.8) is 0 Å². The van der Waals surface area contributed by atoms with E-state index in [1.54, 1.807) is 24.3 Å². The Morgan fingerprint density at radius 2 is 2.28 bits per heavy atom. The number of aromatic nitrogens is 1. The fourth-order valence-corrected chi connectivity index (χ4v) is 1.68. The molecule has 0 unspecified atom stereocenters. The van der Waals surface area contributed by atoms with Crippen LogP contribution in [0.4, 0.5) is 0 Å². The molecule has 94 valence electrons. The van der Waals surface area contributed by atoms with Crippen molar-refractivity contribution in [3.05, 3.63) is 45.9 Å². The van der Waals surface area contributed by atoms with Crippen LogP contribution in [-0.2, 0) is 11.5 Å². The number of carbonyl (C=O) groups is 1. The molecule has 2 rings (SSSR count). The summed E-state index contributed by atoms with van der Waals surface area (Å²) in [6.45, 7) is 1.50. The molecule has 0 atom stereocenters. The van der Waals surface area contributed by atoms with E-state index in [1.807, 2.05) is 0 Å². The molecule has 0 spiro atoms. The number of nitrogens with one attached hydrogen (secondary N) is 1. The molecule has 1 aromatic carbocycles. The molecule has 1 N–H and O–H groups in total. The first-order valence-corrected chi connectivity index (χ1v) is 5.65. The highest BCUT2D eigenvalue weighted by Gasteiger charge is 2.09. The summed E-state index contributed by atoms with van der Waals surface area (Å²) in [7, 11) is 0. The topological polar surface area (TPSA) is 64.2 Å². The lowest BCUT2D eigenvalue weighted by Gasteiger charge is -1.99. The van der Waals surface area contributed by atoms with Crippen LogP contribution in [0.3, 0.4) is 0 Å². The van der Waals surface area contributed by atoms with Crippen LogP contribution in [0.5, 0.6) is 0 Å². The van der Waals surface area contributed by atoms with Gasteiger partial charge in [0.05, 0.1) is 11.8 Å². The van der Waals surface area contributed by atoms with Crippen molar-refractivity contribution in [2.45, 2.75) is 13.6 Å². The van der Waals surface area contributed by atoms with E-state index in [4.69, 9.17) is 16.1 Å². The lowest BCUT2D eigenvalue weighted by molar-refractivity contribution is -0.119. The van der Waals surface area contributed by atoms with Crippen LogP contribution < -0.4 is 10.9 Å². The number of amides is 1. The van der Waals surface area contributed by atoms with Gasteiger partial charge in [-0.25, -0.2) is 4.79 Å². The lowest BCUT2D eigenvalue weighted by Crippen LogP contribution is -2.22. The van der Waals surface area contributed by atoms with Crippen LogP contribution in [0.2, 0.25) is 5.02 Å². The SMILES string of the molecule is CC(=O)NCn1cc(-c2cccc(Cl)c2)c(=O)o1. The van der Waals surface area contributed by atoms with Gasteiger partial charge in [0.1, 0.15) is 6.67 Å². The van der Waals surface area contributed by atoms with E-state index in [0.717, 1.165) is 0 Å². The summed E-state index contributed by atoms with van der Waals surface area (Å²) in [5.41, 5.74) is 0.614. The molecular formula is C12H11ClN2O3. The third-order valence-corrected chi connectivity index (χ3v) is 2.55. The maximum Gasteiger partial charge on any atom is 0.365 e. The Morgan fingerprint density at radius 1 is 1.50 bits per heavy atom. The fraction of sp³-hybridized carbons (Fsp3) is 0.167. The van der Waals surface area contributed by atoms with Gasteiger partial charge in [0.15, 0.2) is 0 Å². The summed E-state index contributed by atoms with van der Waals surface area (Å²) in [6, 6.07) is 6.92. The smallest absolute Gasteiger partial charge is 0.336 e. The molecule has 0 saturated carbocycles. The highest BCUT2D eigenvalue weighted by atomic mass is 35.5.